The molecule has 0 atom stereocenters. The van der Waals surface area contributed by atoms with Crippen molar-refractivity contribution >= 4 is 17.5 Å². The summed E-state index contributed by atoms with van der Waals surface area (Å²) in [6.07, 6.45) is 2.31. The normalized spacial score (nSPS) is 16.6. The molecule has 7 heteroatoms. The molecule has 0 unspecified atom stereocenters. The number of rotatable bonds is 5. The van der Waals surface area contributed by atoms with E-state index in [0.717, 1.165) is 48.2 Å². The molecule has 3 rings (SSSR count). The number of primary amides is 1. The molecule has 0 aliphatic carbocycles. The minimum atomic E-state index is -0.189. The topological polar surface area (TPSA) is 87.9 Å². The van der Waals surface area contributed by atoms with E-state index in [1.54, 1.807) is 0 Å². The summed E-state index contributed by atoms with van der Waals surface area (Å²) in [5.41, 5.74) is 6.46. The number of nitrogens with one attached hydrogen (secondary N) is 1. The van der Waals surface area contributed by atoms with E-state index in [9.17, 15) is 4.79 Å². The van der Waals surface area contributed by atoms with Gasteiger partial charge in [0.1, 0.15) is 5.82 Å². The van der Waals surface area contributed by atoms with Crippen LogP contribution < -0.4 is 5.73 Å². The first-order valence-electron chi connectivity index (χ1n) is 7.76. The van der Waals surface area contributed by atoms with Gasteiger partial charge >= 0.3 is 0 Å². The first kappa shape index (κ1) is 16.0. The van der Waals surface area contributed by atoms with Crippen molar-refractivity contribution in [3.8, 4) is 0 Å². The minimum absolute atomic E-state index is 0.0109. The number of hydrogen-bond donors (Lipinski definition) is 2. The SMILES string of the molecule is NC(=O)C1CCN(Cc2n[nH]c(Cc3cccc(Cl)c3)n2)CC1. The standard InChI is InChI=1S/C16H20ClN5O/c17-13-3-1-2-11(8-13)9-14-19-15(21-20-14)10-22-6-4-12(5-7-22)16(18)23/h1-3,8,12H,4-7,9-10H2,(H2,18,23)(H,19,20,21). The van der Waals surface area contributed by atoms with Gasteiger partial charge in [0.05, 0.1) is 6.54 Å². The molecule has 1 amide bonds. The van der Waals surface area contributed by atoms with E-state index in [1.165, 1.54) is 0 Å². The van der Waals surface area contributed by atoms with Gasteiger partial charge in [-0.2, -0.15) is 5.10 Å². The molecule has 6 nitrogen and oxygen atoms in total. The lowest BCUT2D eigenvalue weighted by Crippen LogP contribution is -2.38. The Hall–Kier alpha value is -1.92. The number of carbonyl (C=O) groups is 1. The molecule has 122 valence electrons. The maximum Gasteiger partial charge on any atom is 0.220 e. The molecule has 1 aliphatic heterocycles. The number of halogens is 1. The molecule has 0 spiro atoms. The van der Waals surface area contributed by atoms with Crippen molar-refractivity contribution < 1.29 is 4.79 Å². The maximum absolute atomic E-state index is 11.2. The van der Waals surface area contributed by atoms with Gasteiger partial charge in [0.15, 0.2) is 5.82 Å². The van der Waals surface area contributed by atoms with Crippen LogP contribution in [0.3, 0.4) is 0 Å². The Morgan fingerprint density at radius 2 is 2.17 bits per heavy atom. The Labute approximate surface area is 140 Å². The van der Waals surface area contributed by atoms with Crippen LogP contribution in [0.1, 0.15) is 30.1 Å². The van der Waals surface area contributed by atoms with Gasteiger partial charge in [-0.1, -0.05) is 23.7 Å². The van der Waals surface area contributed by atoms with Crippen LogP contribution in [-0.4, -0.2) is 39.1 Å². The Kier molecular flexibility index (Phi) is 4.93. The van der Waals surface area contributed by atoms with E-state index in [4.69, 9.17) is 17.3 Å². The lowest BCUT2D eigenvalue weighted by atomic mass is 9.96. The van der Waals surface area contributed by atoms with E-state index in [-0.39, 0.29) is 11.8 Å². The van der Waals surface area contributed by atoms with Crippen LogP contribution in [0.4, 0.5) is 0 Å². The summed E-state index contributed by atoms with van der Waals surface area (Å²) in [4.78, 5) is 18.0. The lowest BCUT2D eigenvalue weighted by molar-refractivity contribution is -0.123. The third kappa shape index (κ3) is 4.30. The average molecular weight is 334 g/mol. The lowest BCUT2D eigenvalue weighted by Gasteiger charge is -2.29. The van der Waals surface area contributed by atoms with E-state index >= 15 is 0 Å². The third-order valence-electron chi connectivity index (χ3n) is 4.19. The number of H-pyrrole nitrogens is 1. The second-order valence-electron chi connectivity index (χ2n) is 5.96. The number of hydrogen-bond acceptors (Lipinski definition) is 4. The number of nitrogens with two attached hydrogens (primary N) is 1. The molecule has 1 aromatic heterocycles. The van der Waals surface area contributed by atoms with Crippen LogP contribution in [0.25, 0.3) is 0 Å². The van der Waals surface area contributed by atoms with Crippen molar-refractivity contribution in [2.24, 2.45) is 11.7 Å². The molecule has 0 saturated carbocycles. The Bertz CT molecular complexity index is 679. The summed E-state index contributed by atoms with van der Waals surface area (Å²) < 4.78 is 0. The molecule has 23 heavy (non-hydrogen) atoms. The number of piperidine rings is 1. The van der Waals surface area contributed by atoms with Crippen LogP contribution >= 0.6 is 11.6 Å². The highest BCUT2D eigenvalue weighted by Crippen LogP contribution is 2.18. The van der Waals surface area contributed by atoms with E-state index < -0.39 is 0 Å². The van der Waals surface area contributed by atoms with Crippen molar-refractivity contribution in [1.82, 2.24) is 20.1 Å². The van der Waals surface area contributed by atoms with Gasteiger partial charge in [-0.3, -0.25) is 14.8 Å². The van der Waals surface area contributed by atoms with Crippen LogP contribution in [0.2, 0.25) is 5.02 Å². The summed E-state index contributed by atoms with van der Waals surface area (Å²) in [6, 6.07) is 7.73. The second kappa shape index (κ2) is 7.10. The summed E-state index contributed by atoms with van der Waals surface area (Å²) in [5, 5.41) is 7.99. The number of benzene rings is 1. The summed E-state index contributed by atoms with van der Waals surface area (Å²) >= 11 is 5.99. The fourth-order valence-corrected chi connectivity index (χ4v) is 3.11. The zero-order valence-electron chi connectivity index (χ0n) is 12.8. The zero-order chi connectivity index (χ0) is 16.2. The molecule has 2 heterocycles. The van der Waals surface area contributed by atoms with Crippen molar-refractivity contribution in [3.63, 3.8) is 0 Å². The first-order valence-corrected chi connectivity index (χ1v) is 8.14. The van der Waals surface area contributed by atoms with Gasteiger partial charge in [0, 0.05) is 17.4 Å². The largest absolute Gasteiger partial charge is 0.369 e. The maximum atomic E-state index is 11.2. The van der Waals surface area contributed by atoms with Gasteiger partial charge in [-0.15, -0.1) is 0 Å². The van der Waals surface area contributed by atoms with E-state index in [2.05, 4.69) is 20.1 Å². The molecular weight excluding hydrogens is 314 g/mol. The fourth-order valence-electron chi connectivity index (χ4n) is 2.90. The molecule has 0 bridgehead atoms. The summed E-state index contributed by atoms with van der Waals surface area (Å²) in [5.74, 6) is 1.43. The predicted octanol–water partition coefficient (Wildman–Crippen LogP) is 1.75. The van der Waals surface area contributed by atoms with Gasteiger partial charge in [-0.25, -0.2) is 4.98 Å². The number of likely N-dealkylation sites (tertiary alicyclic amines) is 1. The summed E-state index contributed by atoms with van der Waals surface area (Å²) in [6.45, 7) is 2.40. The van der Waals surface area contributed by atoms with E-state index in [1.807, 2.05) is 24.3 Å². The molecule has 1 saturated heterocycles. The van der Waals surface area contributed by atoms with Crippen LogP contribution in [0, 0.1) is 5.92 Å². The van der Waals surface area contributed by atoms with Crippen LogP contribution in [0.5, 0.6) is 0 Å². The number of aromatic amines is 1. The first-order chi connectivity index (χ1) is 11.1. The molecule has 3 N–H and O–H groups in total. The molecule has 1 aromatic carbocycles. The second-order valence-corrected chi connectivity index (χ2v) is 6.39. The van der Waals surface area contributed by atoms with Crippen LogP contribution in [-0.2, 0) is 17.8 Å². The van der Waals surface area contributed by atoms with E-state index in [0.29, 0.717) is 13.0 Å². The highest BCUT2D eigenvalue weighted by Gasteiger charge is 2.23. The quantitative estimate of drug-likeness (QED) is 0.872. The number of amides is 1. The highest BCUT2D eigenvalue weighted by molar-refractivity contribution is 6.30. The molecule has 1 fully saturated rings. The smallest absolute Gasteiger partial charge is 0.220 e. The number of nitrogens with zero attached hydrogens (tertiary/aromatic N) is 3. The molecule has 1 aliphatic rings. The average Bonchev–Trinajstić information content (AvgIpc) is 2.95. The predicted molar refractivity (Wildman–Crippen MR) is 87.8 cm³/mol. The van der Waals surface area contributed by atoms with Crippen molar-refractivity contribution in [1.29, 1.82) is 0 Å². The number of aromatic nitrogens is 3. The third-order valence-corrected chi connectivity index (χ3v) is 4.43. The Balaban J connectivity index is 1.55. The van der Waals surface area contributed by atoms with Crippen LogP contribution in [0.15, 0.2) is 24.3 Å². The summed E-state index contributed by atoms with van der Waals surface area (Å²) in [7, 11) is 0. The Morgan fingerprint density at radius 3 is 2.87 bits per heavy atom. The van der Waals surface area contributed by atoms with Crippen molar-refractivity contribution in [2.75, 3.05) is 13.1 Å². The molecular formula is C16H20ClN5O. The monoisotopic (exact) mass is 333 g/mol. The van der Waals surface area contributed by atoms with Gasteiger partial charge < -0.3 is 5.73 Å². The fraction of sp³-hybridized carbons (Fsp3) is 0.438. The van der Waals surface area contributed by atoms with Crippen molar-refractivity contribution in [3.05, 3.63) is 46.5 Å². The Morgan fingerprint density at radius 1 is 1.39 bits per heavy atom. The van der Waals surface area contributed by atoms with Gasteiger partial charge in [-0.05, 0) is 43.6 Å². The molecule has 0 radical (unpaired) electrons. The molecule has 2 aromatic rings. The van der Waals surface area contributed by atoms with Gasteiger partial charge in [0.25, 0.3) is 0 Å². The highest BCUT2D eigenvalue weighted by atomic mass is 35.5. The number of carbonyl (C=O) groups excluding carboxylic acids is 1. The zero-order valence-corrected chi connectivity index (χ0v) is 13.6. The van der Waals surface area contributed by atoms with Gasteiger partial charge in [0.2, 0.25) is 5.91 Å². The minimum Gasteiger partial charge on any atom is -0.369 e. The van der Waals surface area contributed by atoms with Crippen molar-refractivity contribution in [2.45, 2.75) is 25.8 Å².